The molecule has 0 fully saturated rings. The summed E-state index contributed by atoms with van der Waals surface area (Å²) in [7, 11) is 0. The Morgan fingerprint density at radius 2 is 2.10 bits per heavy atom. The van der Waals surface area contributed by atoms with Gasteiger partial charge in [0.15, 0.2) is 0 Å². The van der Waals surface area contributed by atoms with Crippen LogP contribution in [0.4, 0.5) is 0 Å². The van der Waals surface area contributed by atoms with E-state index in [2.05, 4.69) is 10.7 Å². The zero-order chi connectivity index (χ0) is 6.57. The van der Waals surface area contributed by atoms with Crippen LogP contribution in [0, 0.1) is 5.92 Å². The topological polar surface area (TPSA) is 52.3 Å². The molecule has 0 bridgehead atoms. The standard InChI is InChI=1S/C5H11NO2.ClH.Na.H/c1-4(2)3-5(7)8-6;;;/h4H,3,6H2,1-2H3;1H;;/q;;+1;-1. The van der Waals surface area contributed by atoms with E-state index in [1.54, 1.807) is 0 Å². The summed E-state index contributed by atoms with van der Waals surface area (Å²) in [5, 5.41) is 0. The van der Waals surface area contributed by atoms with E-state index in [-0.39, 0.29) is 49.4 Å². The van der Waals surface area contributed by atoms with Gasteiger partial charge < -0.3 is 6.26 Å². The Kier molecular flexibility index (Phi) is 16.5. The first-order chi connectivity index (χ1) is 3.66. The smallest absolute Gasteiger partial charge is 1.00 e. The molecule has 0 spiro atoms. The molecule has 2 N–H and O–H groups in total. The third-order valence-electron chi connectivity index (χ3n) is 0.706. The molecule has 0 saturated heterocycles. The molecular formula is C5H13ClNNaO2. The first-order valence-corrected chi connectivity index (χ1v) is 2.56. The van der Waals surface area contributed by atoms with E-state index in [0.717, 1.165) is 0 Å². The molecule has 0 heterocycles. The molecule has 0 aromatic rings. The van der Waals surface area contributed by atoms with Crippen molar-refractivity contribution >= 4 is 18.4 Å². The number of nitrogens with two attached hydrogens (primary N) is 1. The van der Waals surface area contributed by atoms with Gasteiger partial charge in [-0.15, -0.1) is 12.4 Å². The normalized spacial score (nSPS) is 7.60. The quantitative estimate of drug-likeness (QED) is 0.392. The van der Waals surface area contributed by atoms with Crippen molar-refractivity contribution in [3.8, 4) is 0 Å². The van der Waals surface area contributed by atoms with Crippen LogP contribution in [0.5, 0.6) is 0 Å². The van der Waals surface area contributed by atoms with Crippen molar-refractivity contribution < 1.29 is 40.6 Å². The number of rotatable bonds is 2. The Morgan fingerprint density at radius 1 is 1.70 bits per heavy atom. The summed E-state index contributed by atoms with van der Waals surface area (Å²) < 4.78 is 0. The van der Waals surface area contributed by atoms with Crippen molar-refractivity contribution in [3.63, 3.8) is 0 Å². The van der Waals surface area contributed by atoms with Crippen molar-refractivity contribution in [2.75, 3.05) is 0 Å². The van der Waals surface area contributed by atoms with E-state index < -0.39 is 0 Å². The molecule has 0 saturated carbocycles. The second-order valence-corrected chi connectivity index (χ2v) is 2.09. The minimum atomic E-state index is -0.347. The minimum Gasteiger partial charge on any atom is -1.00 e. The van der Waals surface area contributed by atoms with E-state index in [9.17, 15) is 4.79 Å². The van der Waals surface area contributed by atoms with Crippen LogP contribution in [-0.2, 0) is 9.63 Å². The third kappa shape index (κ3) is 11.5. The Hall–Kier alpha value is 0.720. The van der Waals surface area contributed by atoms with E-state index in [1.807, 2.05) is 13.8 Å². The maximum absolute atomic E-state index is 10.3. The largest absolute Gasteiger partial charge is 1.00 e. The maximum atomic E-state index is 10.3. The van der Waals surface area contributed by atoms with Crippen molar-refractivity contribution in [2.45, 2.75) is 20.3 Å². The summed E-state index contributed by atoms with van der Waals surface area (Å²) in [5.74, 6) is 4.55. The molecule has 5 heteroatoms. The van der Waals surface area contributed by atoms with Crippen LogP contribution in [0.2, 0.25) is 0 Å². The SMILES string of the molecule is CC(C)CC(=O)ON.Cl.[H-].[Na+]. The molecule has 3 nitrogen and oxygen atoms in total. The van der Waals surface area contributed by atoms with E-state index in [1.165, 1.54) is 0 Å². The van der Waals surface area contributed by atoms with Crippen LogP contribution in [0.1, 0.15) is 21.7 Å². The van der Waals surface area contributed by atoms with Gasteiger partial charge in [0, 0.05) is 6.42 Å². The minimum absolute atomic E-state index is 0. The Morgan fingerprint density at radius 3 is 2.20 bits per heavy atom. The van der Waals surface area contributed by atoms with Crippen molar-refractivity contribution in [2.24, 2.45) is 11.8 Å². The van der Waals surface area contributed by atoms with Crippen LogP contribution in [0.15, 0.2) is 0 Å². The first-order valence-electron chi connectivity index (χ1n) is 2.56. The Bertz CT molecular complexity index is 94.6. The average Bonchev–Trinajstić information content (AvgIpc) is 1.65. The molecule has 0 amide bonds. The van der Waals surface area contributed by atoms with Gasteiger partial charge in [0.25, 0.3) is 0 Å². The van der Waals surface area contributed by atoms with Gasteiger partial charge in [-0.25, -0.2) is 0 Å². The van der Waals surface area contributed by atoms with Crippen LogP contribution in [0.25, 0.3) is 0 Å². The maximum Gasteiger partial charge on any atom is 1.00 e. The van der Waals surface area contributed by atoms with Crippen LogP contribution in [0.3, 0.4) is 0 Å². The summed E-state index contributed by atoms with van der Waals surface area (Å²) in [6.07, 6.45) is 0.399. The second kappa shape index (κ2) is 9.72. The summed E-state index contributed by atoms with van der Waals surface area (Å²) >= 11 is 0. The van der Waals surface area contributed by atoms with E-state index in [4.69, 9.17) is 0 Å². The fourth-order valence-corrected chi connectivity index (χ4v) is 0.381. The van der Waals surface area contributed by atoms with Gasteiger partial charge >= 0.3 is 35.5 Å². The fraction of sp³-hybridized carbons (Fsp3) is 0.800. The van der Waals surface area contributed by atoms with Gasteiger partial charge in [-0.1, -0.05) is 13.8 Å². The predicted octanol–water partition coefficient (Wildman–Crippen LogP) is -2.01. The number of carbonyl (C=O) groups is 1. The number of hydrogen-bond donors (Lipinski definition) is 1. The van der Waals surface area contributed by atoms with Gasteiger partial charge in [0.1, 0.15) is 0 Å². The number of hydrogen-bond acceptors (Lipinski definition) is 3. The predicted molar refractivity (Wildman–Crippen MR) is 38.1 cm³/mol. The van der Waals surface area contributed by atoms with E-state index in [0.29, 0.717) is 12.3 Å². The molecule has 0 atom stereocenters. The van der Waals surface area contributed by atoms with Crippen LogP contribution < -0.4 is 35.5 Å². The van der Waals surface area contributed by atoms with Gasteiger partial charge in [-0.3, -0.25) is 4.79 Å². The summed E-state index contributed by atoms with van der Waals surface area (Å²) in [6, 6.07) is 0. The second-order valence-electron chi connectivity index (χ2n) is 2.09. The van der Waals surface area contributed by atoms with Crippen molar-refractivity contribution in [1.29, 1.82) is 0 Å². The molecule has 0 aliphatic carbocycles. The molecule has 0 aromatic carbocycles. The zero-order valence-electron chi connectivity index (χ0n) is 7.59. The van der Waals surface area contributed by atoms with E-state index >= 15 is 0 Å². The Labute approximate surface area is 90.8 Å². The van der Waals surface area contributed by atoms with Gasteiger partial charge in [-0.05, 0) is 5.92 Å². The number of carbonyl (C=O) groups excluding carboxylic acids is 1. The zero-order valence-corrected chi connectivity index (χ0v) is 9.40. The monoisotopic (exact) mass is 177 g/mol. The summed E-state index contributed by atoms with van der Waals surface area (Å²) in [6.45, 7) is 3.86. The van der Waals surface area contributed by atoms with Crippen molar-refractivity contribution in [3.05, 3.63) is 0 Å². The molecule has 0 aromatic heterocycles. The molecule has 10 heavy (non-hydrogen) atoms. The molecule has 0 rings (SSSR count). The molecule has 0 aliphatic rings. The van der Waals surface area contributed by atoms with Gasteiger partial charge in [0.05, 0.1) is 0 Å². The summed E-state index contributed by atoms with van der Waals surface area (Å²) in [4.78, 5) is 14.2. The van der Waals surface area contributed by atoms with Gasteiger partial charge in [0.2, 0.25) is 0 Å². The molecule has 0 radical (unpaired) electrons. The first kappa shape index (κ1) is 17.0. The molecule has 0 aliphatic heterocycles. The summed E-state index contributed by atoms with van der Waals surface area (Å²) in [5.41, 5.74) is 0. The molecule has 58 valence electrons. The van der Waals surface area contributed by atoms with Crippen molar-refractivity contribution in [1.82, 2.24) is 0 Å². The molecular weight excluding hydrogens is 165 g/mol. The van der Waals surface area contributed by atoms with Crippen LogP contribution >= 0.6 is 12.4 Å². The fourth-order valence-electron chi connectivity index (χ4n) is 0.381. The Balaban J connectivity index is -0.0000000817. The van der Waals surface area contributed by atoms with Crippen LogP contribution in [-0.4, -0.2) is 5.97 Å². The van der Waals surface area contributed by atoms with Gasteiger partial charge in [-0.2, -0.15) is 5.90 Å². The average molecular weight is 178 g/mol. The molecule has 0 unspecified atom stereocenters. The third-order valence-corrected chi connectivity index (χ3v) is 0.706. The number of halogens is 1.